The number of nitrogens with one attached hydrogen (secondary N) is 1. The van der Waals surface area contributed by atoms with Crippen molar-refractivity contribution in [1.82, 2.24) is 14.9 Å². The van der Waals surface area contributed by atoms with Crippen LogP contribution in [0.2, 0.25) is 0 Å². The fourth-order valence-corrected chi connectivity index (χ4v) is 2.90. The molecule has 1 N–H and O–H groups in total. The summed E-state index contributed by atoms with van der Waals surface area (Å²) < 4.78 is 7.66. The third-order valence-electron chi connectivity index (χ3n) is 4.22. The fourth-order valence-electron chi connectivity index (χ4n) is 2.90. The van der Waals surface area contributed by atoms with Gasteiger partial charge in [0.05, 0.1) is 24.7 Å². The number of fused-ring (bicyclic) bond motifs is 1. The number of nitrogens with zero attached hydrogens (tertiary/aromatic N) is 2. The molecule has 0 spiro atoms. The van der Waals surface area contributed by atoms with Gasteiger partial charge in [0.15, 0.2) is 0 Å². The molecule has 2 aromatic carbocycles. The smallest absolute Gasteiger partial charge is 0.123 e. The summed E-state index contributed by atoms with van der Waals surface area (Å²) in [5.74, 6) is 1.94. The van der Waals surface area contributed by atoms with Crippen LogP contribution in [0.1, 0.15) is 31.2 Å². The zero-order valence-corrected chi connectivity index (χ0v) is 14.5. The molecule has 0 saturated heterocycles. The highest BCUT2D eigenvalue weighted by atomic mass is 16.5. The molecule has 0 radical (unpaired) electrons. The Morgan fingerprint density at radius 1 is 1.08 bits per heavy atom. The summed E-state index contributed by atoms with van der Waals surface area (Å²) in [6, 6.07) is 16.6. The molecule has 24 heavy (non-hydrogen) atoms. The van der Waals surface area contributed by atoms with Gasteiger partial charge in [-0.3, -0.25) is 0 Å². The molecule has 0 atom stereocenters. The summed E-state index contributed by atoms with van der Waals surface area (Å²) >= 11 is 0. The van der Waals surface area contributed by atoms with E-state index in [4.69, 9.17) is 9.72 Å². The van der Waals surface area contributed by atoms with E-state index in [0.29, 0.717) is 0 Å². The second-order valence-corrected chi connectivity index (χ2v) is 5.98. The first kappa shape index (κ1) is 16.5. The number of imidazole rings is 1. The molecule has 3 aromatic rings. The summed E-state index contributed by atoms with van der Waals surface area (Å²) in [5.41, 5.74) is 3.47. The molecule has 3 rings (SSSR count). The normalized spacial score (nSPS) is 11.1. The number of aromatic nitrogens is 2. The topological polar surface area (TPSA) is 39.1 Å². The zero-order chi connectivity index (χ0) is 16.8. The van der Waals surface area contributed by atoms with Crippen molar-refractivity contribution < 1.29 is 4.74 Å². The van der Waals surface area contributed by atoms with E-state index in [1.165, 1.54) is 17.5 Å². The molecule has 1 heterocycles. The number of unbranched alkanes of at least 4 members (excludes halogenated alkanes) is 1. The van der Waals surface area contributed by atoms with E-state index >= 15 is 0 Å². The lowest BCUT2D eigenvalue weighted by Gasteiger charge is -2.10. The summed E-state index contributed by atoms with van der Waals surface area (Å²) in [4.78, 5) is 4.83. The number of ether oxygens (including phenoxy) is 1. The summed E-state index contributed by atoms with van der Waals surface area (Å²) in [6.07, 6.45) is 2.33. The molecule has 1 aromatic heterocycles. The first-order chi connectivity index (χ1) is 11.8. The number of aryl methyl sites for hydroxylation is 1. The second kappa shape index (κ2) is 7.97. The fraction of sp³-hybridized carbons (Fsp3) is 0.350. The first-order valence-electron chi connectivity index (χ1n) is 8.59. The molecule has 4 heteroatoms. The number of hydrogen-bond acceptors (Lipinski definition) is 3. The van der Waals surface area contributed by atoms with Gasteiger partial charge in [-0.2, -0.15) is 0 Å². The van der Waals surface area contributed by atoms with E-state index in [9.17, 15) is 0 Å². The van der Waals surface area contributed by atoms with Crippen molar-refractivity contribution in [2.24, 2.45) is 0 Å². The highest BCUT2D eigenvalue weighted by Gasteiger charge is 2.11. The van der Waals surface area contributed by atoms with Crippen LogP contribution in [-0.4, -0.2) is 16.7 Å². The van der Waals surface area contributed by atoms with Crippen molar-refractivity contribution >= 4 is 11.0 Å². The van der Waals surface area contributed by atoms with Gasteiger partial charge >= 0.3 is 0 Å². The molecule has 0 bridgehead atoms. The van der Waals surface area contributed by atoms with E-state index in [0.717, 1.165) is 43.1 Å². The van der Waals surface area contributed by atoms with E-state index < -0.39 is 0 Å². The van der Waals surface area contributed by atoms with Gasteiger partial charge in [0.1, 0.15) is 11.6 Å². The number of benzene rings is 2. The van der Waals surface area contributed by atoms with Gasteiger partial charge in [-0.1, -0.05) is 43.7 Å². The molecule has 0 aliphatic carbocycles. The summed E-state index contributed by atoms with van der Waals surface area (Å²) in [5, 5.41) is 3.51. The van der Waals surface area contributed by atoms with Crippen LogP contribution in [0.15, 0.2) is 48.5 Å². The predicted molar refractivity (Wildman–Crippen MR) is 98.2 cm³/mol. The third-order valence-corrected chi connectivity index (χ3v) is 4.22. The Hall–Kier alpha value is -2.33. The Morgan fingerprint density at radius 3 is 2.67 bits per heavy atom. The van der Waals surface area contributed by atoms with Crippen LogP contribution in [0.25, 0.3) is 11.0 Å². The van der Waals surface area contributed by atoms with Crippen LogP contribution in [0, 0.1) is 0 Å². The lowest BCUT2D eigenvalue weighted by atomic mass is 10.2. The molecule has 0 aliphatic rings. The van der Waals surface area contributed by atoms with Crippen molar-refractivity contribution in [3.8, 4) is 5.75 Å². The van der Waals surface area contributed by atoms with Gasteiger partial charge in [-0.25, -0.2) is 4.98 Å². The van der Waals surface area contributed by atoms with Crippen LogP contribution in [-0.2, 0) is 19.6 Å². The van der Waals surface area contributed by atoms with Gasteiger partial charge in [0, 0.05) is 19.2 Å². The van der Waals surface area contributed by atoms with Crippen molar-refractivity contribution in [2.75, 3.05) is 7.11 Å². The first-order valence-corrected chi connectivity index (χ1v) is 8.59. The van der Waals surface area contributed by atoms with Crippen molar-refractivity contribution in [3.05, 3.63) is 59.9 Å². The Labute approximate surface area is 143 Å². The molecular formula is C20H25N3O. The van der Waals surface area contributed by atoms with E-state index in [1.54, 1.807) is 7.11 Å². The maximum absolute atomic E-state index is 5.33. The van der Waals surface area contributed by atoms with Gasteiger partial charge in [0.2, 0.25) is 0 Å². The predicted octanol–water partition coefficient (Wildman–Crippen LogP) is 4.13. The summed E-state index contributed by atoms with van der Waals surface area (Å²) in [7, 11) is 1.69. The van der Waals surface area contributed by atoms with Crippen LogP contribution in [0.4, 0.5) is 0 Å². The number of methoxy groups -OCH3 is 1. The molecular weight excluding hydrogens is 298 g/mol. The Morgan fingerprint density at radius 2 is 1.92 bits per heavy atom. The monoisotopic (exact) mass is 323 g/mol. The van der Waals surface area contributed by atoms with E-state index in [-0.39, 0.29) is 0 Å². The molecule has 0 unspecified atom stereocenters. The summed E-state index contributed by atoms with van der Waals surface area (Å²) in [6.45, 7) is 4.83. The van der Waals surface area contributed by atoms with Crippen LogP contribution < -0.4 is 10.1 Å². The SMILES string of the molecule is CCCCn1c(CNCc2ccccc2)nc2cc(OC)ccc21. The maximum Gasteiger partial charge on any atom is 0.123 e. The maximum atomic E-state index is 5.33. The molecule has 126 valence electrons. The minimum Gasteiger partial charge on any atom is -0.497 e. The van der Waals surface area contributed by atoms with E-state index in [2.05, 4.69) is 47.1 Å². The number of hydrogen-bond donors (Lipinski definition) is 1. The highest BCUT2D eigenvalue weighted by Crippen LogP contribution is 2.22. The molecule has 4 nitrogen and oxygen atoms in total. The van der Waals surface area contributed by atoms with Gasteiger partial charge in [-0.05, 0) is 24.1 Å². The highest BCUT2D eigenvalue weighted by molar-refractivity contribution is 5.77. The van der Waals surface area contributed by atoms with Crippen molar-refractivity contribution in [3.63, 3.8) is 0 Å². The van der Waals surface area contributed by atoms with E-state index in [1.807, 2.05) is 18.2 Å². The largest absolute Gasteiger partial charge is 0.497 e. The van der Waals surface area contributed by atoms with Crippen LogP contribution in [0.5, 0.6) is 5.75 Å². The average Bonchev–Trinajstić information content (AvgIpc) is 2.97. The zero-order valence-electron chi connectivity index (χ0n) is 14.5. The third kappa shape index (κ3) is 3.77. The Bertz CT molecular complexity index is 780. The van der Waals surface area contributed by atoms with Gasteiger partial charge in [0.25, 0.3) is 0 Å². The van der Waals surface area contributed by atoms with Crippen molar-refractivity contribution in [1.29, 1.82) is 0 Å². The van der Waals surface area contributed by atoms with Crippen molar-refractivity contribution in [2.45, 2.75) is 39.4 Å². The van der Waals surface area contributed by atoms with Gasteiger partial charge < -0.3 is 14.6 Å². The quantitative estimate of drug-likeness (QED) is 0.677. The minimum atomic E-state index is 0.760. The van der Waals surface area contributed by atoms with Gasteiger partial charge in [-0.15, -0.1) is 0 Å². The average molecular weight is 323 g/mol. The lowest BCUT2D eigenvalue weighted by molar-refractivity contribution is 0.415. The molecule has 0 saturated carbocycles. The Kier molecular flexibility index (Phi) is 5.49. The standard InChI is InChI=1S/C20H25N3O/c1-3-4-12-23-19-11-10-17(24-2)13-18(19)22-20(23)15-21-14-16-8-6-5-7-9-16/h5-11,13,21H,3-4,12,14-15H2,1-2H3. The molecule has 0 amide bonds. The minimum absolute atomic E-state index is 0.760. The lowest BCUT2D eigenvalue weighted by Crippen LogP contribution is -2.17. The molecule has 0 aliphatic heterocycles. The molecule has 0 fully saturated rings. The van der Waals surface area contributed by atoms with Crippen LogP contribution >= 0.6 is 0 Å². The van der Waals surface area contributed by atoms with Crippen LogP contribution in [0.3, 0.4) is 0 Å². The second-order valence-electron chi connectivity index (χ2n) is 5.98. The number of rotatable bonds is 8. The Balaban J connectivity index is 1.79.